The van der Waals surface area contributed by atoms with E-state index in [4.69, 9.17) is 23.7 Å². The third-order valence-corrected chi connectivity index (χ3v) is 8.62. The summed E-state index contributed by atoms with van der Waals surface area (Å²) in [5, 5.41) is -0.324. The molecule has 0 heterocycles. The molecule has 276 valence electrons. The Morgan fingerprint density at radius 3 is 1.57 bits per heavy atom. The van der Waals surface area contributed by atoms with Crippen molar-refractivity contribution < 1.29 is 62.0 Å². The molecule has 0 rings (SSSR count). The molecule has 15 heteroatoms. The first-order chi connectivity index (χ1) is 23.5. The minimum absolute atomic E-state index is 0.0416. The van der Waals surface area contributed by atoms with Crippen LogP contribution in [0.1, 0.15) is 90.4 Å². The minimum Gasteiger partial charge on any atom is -0.465 e. The summed E-state index contributed by atoms with van der Waals surface area (Å²) in [5.74, 6) is -2.24. The van der Waals surface area contributed by atoms with Crippen LogP contribution in [0.5, 0.6) is 0 Å². The lowest BCUT2D eigenvalue weighted by atomic mass is 9.88. The number of hydrogen-bond donors (Lipinski definition) is 0. The van der Waals surface area contributed by atoms with Crippen molar-refractivity contribution in [3.63, 3.8) is 0 Å². The van der Waals surface area contributed by atoms with Crippen LogP contribution < -0.4 is 0 Å². The van der Waals surface area contributed by atoms with Gasteiger partial charge in [0.05, 0.1) is 31.5 Å². The Hall–Kier alpha value is -3.46. The first-order valence-electron chi connectivity index (χ1n) is 16.3. The summed E-state index contributed by atoms with van der Waals surface area (Å²) in [7, 11) is 0. The van der Waals surface area contributed by atoms with Crippen molar-refractivity contribution in [3.05, 3.63) is 25.3 Å². The summed E-state index contributed by atoms with van der Waals surface area (Å²) in [4.78, 5) is 94.5. The van der Waals surface area contributed by atoms with Gasteiger partial charge in [-0.1, -0.05) is 43.1 Å². The van der Waals surface area contributed by atoms with E-state index in [1.165, 1.54) is 0 Å². The van der Waals surface area contributed by atoms with Gasteiger partial charge in [-0.15, -0.1) is 6.58 Å². The molecular formula is C34H50O13S2. The van der Waals surface area contributed by atoms with Crippen LogP contribution in [0.2, 0.25) is 0 Å². The zero-order chi connectivity index (χ0) is 36.8. The fourth-order valence-corrected chi connectivity index (χ4v) is 5.18. The number of carbonyl (C=O) groups excluding carboxylic acids is 8. The van der Waals surface area contributed by atoms with Crippen LogP contribution in [0.25, 0.3) is 0 Å². The summed E-state index contributed by atoms with van der Waals surface area (Å²) in [6, 6.07) is 0. The SMILES string of the molecule is C=CCCOC(=O)CCCCC(=O)OCC(CC)(COC(=O)CCSC(=O)CCC=O)COC(=O)CCSC(=O)CCCCOC(=O)C=C. The second kappa shape index (κ2) is 29.5. The highest BCUT2D eigenvalue weighted by atomic mass is 32.2. The summed E-state index contributed by atoms with van der Waals surface area (Å²) in [5.41, 5.74) is -1.05. The van der Waals surface area contributed by atoms with Crippen LogP contribution in [0.15, 0.2) is 25.3 Å². The Morgan fingerprint density at radius 1 is 0.592 bits per heavy atom. The molecule has 0 spiro atoms. The maximum Gasteiger partial charge on any atom is 0.330 e. The molecule has 13 nitrogen and oxygen atoms in total. The number of carbonyl (C=O) groups is 8. The highest BCUT2D eigenvalue weighted by molar-refractivity contribution is 8.13. The van der Waals surface area contributed by atoms with Crippen molar-refractivity contribution in [3.8, 4) is 0 Å². The van der Waals surface area contributed by atoms with Crippen molar-refractivity contribution >= 4 is 69.9 Å². The molecule has 0 aromatic heterocycles. The number of rotatable bonds is 30. The number of esters is 5. The molecule has 0 amide bonds. The van der Waals surface area contributed by atoms with E-state index in [-0.39, 0.29) is 106 Å². The Kier molecular flexibility index (Phi) is 27.4. The zero-order valence-electron chi connectivity index (χ0n) is 28.4. The van der Waals surface area contributed by atoms with Crippen LogP contribution in [0.4, 0.5) is 0 Å². The maximum absolute atomic E-state index is 12.5. The average molecular weight is 731 g/mol. The third kappa shape index (κ3) is 26.1. The van der Waals surface area contributed by atoms with Crippen molar-refractivity contribution in [2.24, 2.45) is 5.41 Å². The fourth-order valence-electron chi connectivity index (χ4n) is 3.64. The average Bonchev–Trinajstić information content (AvgIpc) is 3.08. The zero-order valence-corrected chi connectivity index (χ0v) is 30.0. The monoisotopic (exact) mass is 730 g/mol. The number of unbranched alkanes of at least 4 members (excludes halogenated alkanes) is 2. The predicted molar refractivity (Wildman–Crippen MR) is 184 cm³/mol. The van der Waals surface area contributed by atoms with Gasteiger partial charge in [-0.3, -0.25) is 28.8 Å². The van der Waals surface area contributed by atoms with Crippen molar-refractivity contribution in [1.82, 2.24) is 0 Å². The normalized spacial score (nSPS) is 11.7. The highest BCUT2D eigenvalue weighted by Crippen LogP contribution is 2.25. The second-order valence-corrected chi connectivity index (χ2v) is 13.1. The smallest absolute Gasteiger partial charge is 0.330 e. The summed E-state index contributed by atoms with van der Waals surface area (Å²) in [6.07, 6.45) is 6.61. The largest absolute Gasteiger partial charge is 0.465 e. The van der Waals surface area contributed by atoms with Gasteiger partial charge >= 0.3 is 29.8 Å². The molecule has 0 fully saturated rings. The summed E-state index contributed by atoms with van der Waals surface area (Å²) in [6.45, 7) is 8.42. The van der Waals surface area contributed by atoms with Crippen LogP contribution in [0, 0.1) is 5.41 Å². The van der Waals surface area contributed by atoms with Gasteiger partial charge < -0.3 is 28.5 Å². The van der Waals surface area contributed by atoms with Gasteiger partial charge in [0.15, 0.2) is 10.2 Å². The molecule has 0 N–H and O–H groups in total. The van der Waals surface area contributed by atoms with Crippen molar-refractivity contribution in [2.75, 3.05) is 44.5 Å². The molecule has 0 saturated heterocycles. The molecule has 0 aromatic carbocycles. The first kappa shape index (κ1) is 45.5. The summed E-state index contributed by atoms with van der Waals surface area (Å²) >= 11 is 1.92. The van der Waals surface area contributed by atoms with E-state index in [2.05, 4.69) is 13.2 Å². The molecule has 0 saturated carbocycles. The summed E-state index contributed by atoms with van der Waals surface area (Å²) < 4.78 is 26.3. The Bertz CT molecular complexity index is 1090. The van der Waals surface area contributed by atoms with Crippen LogP contribution in [0.3, 0.4) is 0 Å². The van der Waals surface area contributed by atoms with Gasteiger partial charge in [-0.25, -0.2) is 4.79 Å². The van der Waals surface area contributed by atoms with Gasteiger partial charge in [0.1, 0.15) is 26.1 Å². The lowest BCUT2D eigenvalue weighted by Gasteiger charge is -2.31. The topological polar surface area (TPSA) is 183 Å². The van der Waals surface area contributed by atoms with Gasteiger partial charge in [0.25, 0.3) is 0 Å². The number of thioether (sulfide) groups is 2. The third-order valence-electron chi connectivity index (χ3n) is 6.76. The van der Waals surface area contributed by atoms with E-state index in [0.29, 0.717) is 44.8 Å². The maximum atomic E-state index is 12.5. The predicted octanol–water partition coefficient (Wildman–Crippen LogP) is 4.87. The molecule has 1 atom stereocenters. The first-order valence-corrected chi connectivity index (χ1v) is 18.2. The molecule has 49 heavy (non-hydrogen) atoms. The van der Waals surface area contributed by atoms with Gasteiger partial charge in [0, 0.05) is 49.7 Å². The molecule has 0 radical (unpaired) electrons. The Labute approximate surface area is 297 Å². The minimum atomic E-state index is -1.05. The Morgan fingerprint density at radius 2 is 1.08 bits per heavy atom. The standard InChI is InChI=1S/C34H50O13S2/c1-4-7-20-44-28(37)13-8-9-14-29(38)45-24-34(6-3,26-47-31(40)18-23-49-33(42)16-12-19-35)25-46-30(39)17-22-48-32(41)15-10-11-21-43-27(36)5-2/h4-5,19H,1-2,6-18,20-26H2,3H3. The molecule has 1 unspecified atom stereocenters. The van der Waals surface area contributed by atoms with Gasteiger partial charge in [-0.05, 0) is 38.5 Å². The number of hydrogen-bond acceptors (Lipinski definition) is 15. The highest BCUT2D eigenvalue weighted by Gasteiger charge is 2.34. The Balaban J connectivity index is 4.92. The molecule has 0 aliphatic carbocycles. The van der Waals surface area contributed by atoms with E-state index >= 15 is 0 Å². The van der Waals surface area contributed by atoms with Gasteiger partial charge in [-0.2, -0.15) is 0 Å². The van der Waals surface area contributed by atoms with Crippen molar-refractivity contribution in [2.45, 2.75) is 90.4 Å². The van der Waals surface area contributed by atoms with E-state index in [0.717, 1.165) is 29.6 Å². The molecule has 0 aromatic rings. The van der Waals surface area contributed by atoms with E-state index in [9.17, 15) is 38.4 Å². The van der Waals surface area contributed by atoms with Crippen LogP contribution in [-0.4, -0.2) is 90.9 Å². The lowest BCUT2D eigenvalue weighted by Crippen LogP contribution is -2.39. The molecule has 0 aliphatic heterocycles. The molecule has 0 bridgehead atoms. The van der Waals surface area contributed by atoms with Crippen LogP contribution in [-0.2, 0) is 62.0 Å². The van der Waals surface area contributed by atoms with E-state index in [1.54, 1.807) is 13.0 Å². The van der Waals surface area contributed by atoms with Crippen molar-refractivity contribution in [1.29, 1.82) is 0 Å². The molecule has 0 aliphatic rings. The van der Waals surface area contributed by atoms with Gasteiger partial charge in [0.2, 0.25) is 0 Å². The lowest BCUT2D eigenvalue weighted by molar-refractivity contribution is -0.162. The second-order valence-electron chi connectivity index (χ2n) is 10.8. The number of ether oxygens (including phenoxy) is 5. The van der Waals surface area contributed by atoms with E-state index in [1.807, 2.05) is 0 Å². The molecular weight excluding hydrogens is 680 g/mol. The fraction of sp³-hybridized carbons (Fsp3) is 0.647. The van der Waals surface area contributed by atoms with E-state index < -0.39 is 29.3 Å². The number of aldehydes is 1. The van der Waals surface area contributed by atoms with Crippen LogP contribution >= 0.6 is 23.5 Å². The quantitative estimate of drug-likeness (QED) is 0.0243.